The van der Waals surface area contributed by atoms with Crippen LogP contribution in [0.4, 0.5) is 0 Å². The maximum absolute atomic E-state index is 10.7. The number of carbonyl (C=O) groups excluding carboxylic acids is 1. The Morgan fingerprint density at radius 1 is 1.50 bits per heavy atom. The summed E-state index contributed by atoms with van der Waals surface area (Å²) in [7, 11) is 0. The predicted octanol–water partition coefficient (Wildman–Crippen LogP) is 2.52. The van der Waals surface area contributed by atoms with Crippen LogP contribution in [0.25, 0.3) is 0 Å². The molecule has 0 bridgehead atoms. The number of primary amides is 1. The first-order valence-electron chi connectivity index (χ1n) is 5.01. The van der Waals surface area contributed by atoms with Crippen molar-refractivity contribution < 1.29 is 4.79 Å². The third-order valence-electron chi connectivity index (χ3n) is 2.27. The van der Waals surface area contributed by atoms with Gasteiger partial charge >= 0.3 is 0 Å². The van der Waals surface area contributed by atoms with Crippen molar-refractivity contribution in [3.8, 4) is 0 Å². The number of halogens is 2. The SMILES string of the molecule is CCC(NCC(N)=O)c1ccc(Cl)cc1Cl. The molecule has 1 amide bonds. The Morgan fingerprint density at radius 3 is 2.69 bits per heavy atom. The molecule has 0 spiro atoms. The van der Waals surface area contributed by atoms with Gasteiger partial charge in [-0.1, -0.05) is 36.2 Å². The van der Waals surface area contributed by atoms with Crippen LogP contribution < -0.4 is 11.1 Å². The summed E-state index contributed by atoms with van der Waals surface area (Å²) in [5.74, 6) is -0.386. The van der Waals surface area contributed by atoms with E-state index < -0.39 is 0 Å². The van der Waals surface area contributed by atoms with E-state index in [1.54, 1.807) is 12.1 Å². The average molecular weight is 261 g/mol. The van der Waals surface area contributed by atoms with Gasteiger partial charge in [-0.15, -0.1) is 0 Å². The Hall–Kier alpha value is -0.770. The molecule has 0 heterocycles. The molecule has 0 radical (unpaired) electrons. The Morgan fingerprint density at radius 2 is 2.19 bits per heavy atom. The Labute approximate surface area is 105 Å². The zero-order chi connectivity index (χ0) is 12.1. The third kappa shape index (κ3) is 3.67. The molecule has 1 aromatic carbocycles. The van der Waals surface area contributed by atoms with Crippen LogP contribution in [0.15, 0.2) is 18.2 Å². The molecule has 0 aliphatic carbocycles. The normalized spacial score (nSPS) is 12.4. The molecule has 0 aliphatic rings. The zero-order valence-corrected chi connectivity index (χ0v) is 10.5. The number of amides is 1. The number of hydrogen-bond acceptors (Lipinski definition) is 2. The van der Waals surface area contributed by atoms with Crippen LogP contribution in [0.3, 0.4) is 0 Å². The largest absolute Gasteiger partial charge is 0.369 e. The molecule has 1 rings (SSSR count). The molecule has 1 aromatic rings. The molecule has 3 N–H and O–H groups in total. The van der Waals surface area contributed by atoms with Gasteiger partial charge in [0, 0.05) is 16.1 Å². The van der Waals surface area contributed by atoms with E-state index in [9.17, 15) is 4.79 Å². The van der Waals surface area contributed by atoms with Gasteiger partial charge in [0.15, 0.2) is 0 Å². The number of nitrogens with one attached hydrogen (secondary N) is 1. The predicted molar refractivity (Wildman–Crippen MR) is 66.7 cm³/mol. The lowest BCUT2D eigenvalue weighted by atomic mass is 10.0. The maximum atomic E-state index is 10.7. The monoisotopic (exact) mass is 260 g/mol. The number of nitrogens with two attached hydrogens (primary N) is 1. The van der Waals surface area contributed by atoms with E-state index in [1.807, 2.05) is 13.0 Å². The molecule has 0 saturated heterocycles. The minimum atomic E-state index is -0.386. The lowest BCUT2D eigenvalue weighted by molar-refractivity contribution is -0.117. The number of hydrogen-bond donors (Lipinski definition) is 2. The summed E-state index contributed by atoms with van der Waals surface area (Å²) in [5.41, 5.74) is 6.01. The number of carbonyl (C=O) groups is 1. The maximum Gasteiger partial charge on any atom is 0.231 e. The molecule has 0 aliphatic heterocycles. The molecular formula is C11H14Cl2N2O. The first kappa shape index (κ1) is 13.3. The summed E-state index contributed by atoms with van der Waals surface area (Å²) in [6, 6.07) is 5.33. The van der Waals surface area contributed by atoms with Crippen molar-refractivity contribution >= 4 is 29.1 Å². The van der Waals surface area contributed by atoms with E-state index in [-0.39, 0.29) is 18.5 Å². The fourth-order valence-corrected chi connectivity index (χ4v) is 2.02. The van der Waals surface area contributed by atoms with Crippen molar-refractivity contribution in [3.05, 3.63) is 33.8 Å². The smallest absolute Gasteiger partial charge is 0.231 e. The van der Waals surface area contributed by atoms with E-state index in [0.29, 0.717) is 10.0 Å². The third-order valence-corrected chi connectivity index (χ3v) is 2.83. The molecule has 0 fully saturated rings. The fourth-order valence-electron chi connectivity index (χ4n) is 1.48. The molecular weight excluding hydrogens is 247 g/mol. The second-order valence-electron chi connectivity index (χ2n) is 3.47. The van der Waals surface area contributed by atoms with Crippen LogP contribution in [0, 0.1) is 0 Å². The molecule has 16 heavy (non-hydrogen) atoms. The van der Waals surface area contributed by atoms with Gasteiger partial charge in [-0.25, -0.2) is 0 Å². The van der Waals surface area contributed by atoms with Crippen LogP contribution in [-0.2, 0) is 4.79 Å². The van der Waals surface area contributed by atoms with E-state index in [2.05, 4.69) is 5.32 Å². The van der Waals surface area contributed by atoms with Crippen molar-refractivity contribution in [2.75, 3.05) is 6.54 Å². The van der Waals surface area contributed by atoms with Gasteiger partial charge in [0.25, 0.3) is 0 Å². The molecule has 0 saturated carbocycles. The highest BCUT2D eigenvalue weighted by Gasteiger charge is 2.13. The number of rotatable bonds is 5. The first-order valence-corrected chi connectivity index (χ1v) is 5.76. The van der Waals surface area contributed by atoms with Crippen molar-refractivity contribution in [1.29, 1.82) is 0 Å². The highest BCUT2D eigenvalue weighted by atomic mass is 35.5. The van der Waals surface area contributed by atoms with Crippen molar-refractivity contribution in [1.82, 2.24) is 5.32 Å². The standard InChI is InChI=1S/C11H14Cl2N2O/c1-2-10(15-6-11(14)16)8-4-3-7(12)5-9(8)13/h3-5,10,15H,2,6H2,1H3,(H2,14,16). The van der Waals surface area contributed by atoms with Gasteiger partial charge < -0.3 is 11.1 Å². The van der Waals surface area contributed by atoms with E-state index in [4.69, 9.17) is 28.9 Å². The minimum absolute atomic E-state index is 0.0114. The van der Waals surface area contributed by atoms with E-state index in [0.717, 1.165) is 12.0 Å². The molecule has 0 aromatic heterocycles. The van der Waals surface area contributed by atoms with E-state index >= 15 is 0 Å². The van der Waals surface area contributed by atoms with Crippen LogP contribution in [0.2, 0.25) is 10.0 Å². The molecule has 1 unspecified atom stereocenters. The lowest BCUT2D eigenvalue weighted by Crippen LogP contribution is -2.31. The Kier molecular flexibility index (Phi) is 5.06. The van der Waals surface area contributed by atoms with Crippen LogP contribution in [0.5, 0.6) is 0 Å². The van der Waals surface area contributed by atoms with Crippen molar-refractivity contribution in [3.63, 3.8) is 0 Å². The van der Waals surface area contributed by atoms with Gasteiger partial charge in [-0.3, -0.25) is 4.79 Å². The topological polar surface area (TPSA) is 55.1 Å². The van der Waals surface area contributed by atoms with Crippen molar-refractivity contribution in [2.45, 2.75) is 19.4 Å². The van der Waals surface area contributed by atoms with Gasteiger partial charge in [0.05, 0.1) is 6.54 Å². The Balaban J connectivity index is 2.82. The minimum Gasteiger partial charge on any atom is -0.369 e. The molecule has 5 heteroatoms. The summed E-state index contributed by atoms with van der Waals surface area (Å²) in [4.78, 5) is 10.7. The van der Waals surface area contributed by atoms with Gasteiger partial charge in [0.1, 0.15) is 0 Å². The van der Waals surface area contributed by atoms with Crippen LogP contribution in [-0.4, -0.2) is 12.5 Å². The second-order valence-corrected chi connectivity index (χ2v) is 4.32. The van der Waals surface area contributed by atoms with E-state index in [1.165, 1.54) is 0 Å². The summed E-state index contributed by atoms with van der Waals surface area (Å²) in [5, 5.41) is 4.23. The molecule has 88 valence electrons. The van der Waals surface area contributed by atoms with Crippen LogP contribution in [0.1, 0.15) is 24.9 Å². The fraction of sp³-hybridized carbons (Fsp3) is 0.364. The Bertz CT molecular complexity index is 382. The van der Waals surface area contributed by atoms with Gasteiger partial charge in [-0.2, -0.15) is 0 Å². The molecule has 1 atom stereocenters. The average Bonchev–Trinajstić information content (AvgIpc) is 2.21. The molecule has 3 nitrogen and oxygen atoms in total. The van der Waals surface area contributed by atoms with Crippen molar-refractivity contribution in [2.24, 2.45) is 5.73 Å². The van der Waals surface area contributed by atoms with Gasteiger partial charge in [0.2, 0.25) is 5.91 Å². The summed E-state index contributed by atoms with van der Waals surface area (Å²) >= 11 is 11.9. The van der Waals surface area contributed by atoms with Crippen LogP contribution >= 0.6 is 23.2 Å². The second kappa shape index (κ2) is 6.09. The first-order chi connectivity index (χ1) is 7.54. The summed E-state index contributed by atoms with van der Waals surface area (Å²) < 4.78 is 0. The summed E-state index contributed by atoms with van der Waals surface area (Å²) in [6.45, 7) is 2.14. The zero-order valence-electron chi connectivity index (χ0n) is 8.97. The summed E-state index contributed by atoms with van der Waals surface area (Å²) in [6.07, 6.45) is 0.814. The number of benzene rings is 1. The lowest BCUT2D eigenvalue weighted by Gasteiger charge is -2.17. The van der Waals surface area contributed by atoms with Gasteiger partial charge in [-0.05, 0) is 24.1 Å². The highest BCUT2D eigenvalue weighted by Crippen LogP contribution is 2.27. The highest BCUT2D eigenvalue weighted by molar-refractivity contribution is 6.35. The quantitative estimate of drug-likeness (QED) is 0.855.